The van der Waals surface area contributed by atoms with Crippen molar-refractivity contribution in [1.29, 1.82) is 0 Å². The number of aliphatic hydroxyl groups is 1. The highest BCUT2D eigenvalue weighted by Gasteiger charge is 2.21. The SMILES string of the molecule is CC(C)(C)C(O)CNC(=O)/C=C/c1cncc(O)c1. The van der Waals surface area contributed by atoms with Crippen LogP contribution in [0.4, 0.5) is 0 Å². The van der Waals surface area contributed by atoms with Gasteiger partial charge in [-0.15, -0.1) is 0 Å². The van der Waals surface area contributed by atoms with Crippen molar-refractivity contribution in [2.24, 2.45) is 5.41 Å². The van der Waals surface area contributed by atoms with Crippen molar-refractivity contribution in [3.05, 3.63) is 30.1 Å². The molecule has 104 valence electrons. The summed E-state index contributed by atoms with van der Waals surface area (Å²) in [5.41, 5.74) is 0.359. The molecule has 1 rings (SSSR count). The number of nitrogens with one attached hydrogen (secondary N) is 1. The van der Waals surface area contributed by atoms with E-state index in [0.717, 1.165) is 0 Å². The van der Waals surface area contributed by atoms with Crippen LogP contribution < -0.4 is 5.32 Å². The van der Waals surface area contributed by atoms with Crippen molar-refractivity contribution in [2.75, 3.05) is 6.54 Å². The van der Waals surface area contributed by atoms with Gasteiger partial charge >= 0.3 is 0 Å². The molecule has 1 heterocycles. The van der Waals surface area contributed by atoms with Crippen molar-refractivity contribution in [3.8, 4) is 5.75 Å². The maximum absolute atomic E-state index is 11.5. The Morgan fingerprint density at radius 1 is 1.47 bits per heavy atom. The van der Waals surface area contributed by atoms with E-state index in [2.05, 4.69) is 10.3 Å². The quantitative estimate of drug-likeness (QED) is 0.716. The van der Waals surface area contributed by atoms with Crippen LogP contribution in [0, 0.1) is 5.41 Å². The average Bonchev–Trinajstić information content (AvgIpc) is 2.32. The summed E-state index contributed by atoms with van der Waals surface area (Å²) in [6.07, 6.45) is 5.13. The fourth-order valence-corrected chi connectivity index (χ4v) is 1.27. The van der Waals surface area contributed by atoms with Gasteiger partial charge in [0.05, 0.1) is 12.3 Å². The van der Waals surface area contributed by atoms with Crippen LogP contribution in [0.1, 0.15) is 26.3 Å². The Morgan fingerprint density at radius 3 is 2.74 bits per heavy atom. The van der Waals surface area contributed by atoms with Crippen molar-refractivity contribution >= 4 is 12.0 Å². The van der Waals surface area contributed by atoms with Gasteiger partial charge in [0.1, 0.15) is 5.75 Å². The van der Waals surface area contributed by atoms with Crippen LogP contribution in [0.2, 0.25) is 0 Å². The first-order chi connectivity index (χ1) is 8.79. The molecule has 19 heavy (non-hydrogen) atoms. The maximum Gasteiger partial charge on any atom is 0.244 e. The molecule has 0 spiro atoms. The van der Waals surface area contributed by atoms with Gasteiger partial charge in [-0.25, -0.2) is 0 Å². The normalized spacial score (nSPS) is 13.5. The molecule has 1 aromatic rings. The number of nitrogens with zero attached hydrogens (tertiary/aromatic N) is 1. The van der Waals surface area contributed by atoms with Gasteiger partial charge < -0.3 is 15.5 Å². The molecule has 1 amide bonds. The van der Waals surface area contributed by atoms with E-state index in [9.17, 15) is 15.0 Å². The minimum Gasteiger partial charge on any atom is -0.506 e. The minimum absolute atomic E-state index is 0.0470. The Hall–Kier alpha value is -1.88. The van der Waals surface area contributed by atoms with Gasteiger partial charge in [0.2, 0.25) is 5.91 Å². The van der Waals surface area contributed by atoms with Crippen molar-refractivity contribution < 1.29 is 15.0 Å². The van der Waals surface area contributed by atoms with Gasteiger partial charge in [-0.3, -0.25) is 9.78 Å². The number of pyridine rings is 1. The fourth-order valence-electron chi connectivity index (χ4n) is 1.27. The van der Waals surface area contributed by atoms with Crippen LogP contribution in [0.15, 0.2) is 24.5 Å². The molecule has 0 aromatic carbocycles. The fraction of sp³-hybridized carbons (Fsp3) is 0.429. The lowest BCUT2D eigenvalue weighted by Crippen LogP contribution is -2.38. The summed E-state index contributed by atoms with van der Waals surface area (Å²) >= 11 is 0. The number of aromatic nitrogens is 1. The van der Waals surface area contributed by atoms with Crippen LogP contribution in [0.25, 0.3) is 6.08 Å². The van der Waals surface area contributed by atoms with Crippen LogP contribution in [0.5, 0.6) is 5.75 Å². The second kappa shape index (κ2) is 6.33. The first kappa shape index (κ1) is 15.2. The Bertz CT molecular complexity index is 464. The van der Waals surface area contributed by atoms with E-state index >= 15 is 0 Å². The van der Waals surface area contributed by atoms with Gasteiger partial charge in [-0.1, -0.05) is 20.8 Å². The maximum atomic E-state index is 11.5. The zero-order valence-corrected chi connectivity index (χ0v) is 11.4. The Labute approximate surface area is 113 Å². The molecule has 0 aliphatic heterocycles. The summed E-state index contributed by atoms with van der Waals surface area (Å²) in [6.45, 7) is 5.90. The second-order valence-electron chi connectivity index (χ2n) is 5.44. The van der Waals surface area contributed by atoms with Crippen LogP contribution >= 0.6 is 0 Å². The lowest BCUT2D eigenvalue weighted by atomic mass is 9.89. The smallest absolute Gasteiger partial charge is 0.244 e. The number of amides is 1. The molecular formula is C14H20N2O3. The molecule has 3 N–H and O–H groups in total. The molecule has 0 saturated heterocycles. The largest absolute Gasteiger partial charge is 0.506 e. The Balaban J connectivity index is 2.48. The summed E-state index contributed by atoms with van der Waals surface area (Å²) in [7, 11) is 0. The molecule has 0 aliphatic carbocycles. The van der Waals surface area contributed by atoms with E-state index < -0.39 is 6.10 Å². The van der Waals surface area contributed by atoms with Crippen LogP contribution in [-0.4, -0.2) is 33.8 Å². The summed E-state index contributed by atoms with van der Waals surface area (Å²) in [5.74, 6) is -0.252. The average molecular weight is 264 g/mol. The molecule has 5 heteroatoms. The third-order valence-corrected chi connectivity index (χ3v) is 2.64. The first-order valence-electron chi connectivity index (χ1n) is 6.07. The monoisotopic (exact) mass is 264 g/mol. The highest BCUT2D eigenvalue weighted by molar-refractivity contribution is 5.91. The Kier molecular flexibility index (Phi) is 5.06. The Morgan fingerprint density at radius 2 is 2.16 bits per heavy atom. The zero-order chi connectivity index (χ0) is 14.5. The number of rotatable bonds is 4. The minimum atomic E-state index is -0.604. The first-order valence-corrected chi connectivity index (χ1v) is 6.07. The van der Waals surface area contributed by atoms with E-state index in [1.165, 1.54) is 24.5 Å². The van der Waals surface area contributed by atoms with Gasteiger partial charge in [0.25, 0.3) is 0 Å². The number of hydrogen-bond donors (Lipinski definition) is 3. The third-order valence-electron chi connectivity index (χ3n) is 2.64. The lowest BCUT2D eigenvalue weighted by Gasteiger charge is -2.25. The summed E-state index contributed by atoms with van der Waals surface area (Å²) in [5, 5.41) is 21.6. The summed E-state index contributed by atoms with van der Waals surface area (Å²) < 4.78 is 0. The zero-order valence-electron chi connectivity index (χ0n) is 11.4. The van der Waals surface area contributed by atoms with E-state index in [1.807, 2.05) is 20.8 Å². The van der Waals surface area contributed by atoms with E-state index in [0.29, 0.717) is 5.56 Å². The highest BCUT2D eigenvalue weighted by Crippen LogP contribution is 2.18. The highest BCUT2D eigenvalue weighted by atomic mass is 16.3. The molecule has 0 saturated carbocycles. The van der Waals surface area contributed by atoms with Gasteiger partial charge in [-0.05, 0) is 23.1 Å². The summed E-state index contributed by atoms with van der Waals surface area (Å²) in [6, 6.07) is 1.50. The van der Waals surface area contributed by atoms with Crippen molar-refractivity contribution in [3.63, 3.8) is 0 Å². The van der Waals surface area contributed by atoms with E-state index in [1.54, 1.807) is 6.08 Å². The molecule has 0 radical (unpaired) electrons. The number of aliphatic hydroxyl groups excluding tert-OH is 1. The third kappa shape index (κ3) is 5.52. The number of hydrogen-bond acceptors (Lipinski definition) is 4. The standard InChI is InChI=1S/C14H20N2O3/c1-14(2,3)12(18)9-16-13(19)5-4-10-6-11(17)8-15-7-10/h4-8,12,17-18H,9H2,1-3H3,(H,16,19)/b5-4+. The predicted molar refractivity (Wildman–Crippen MR) is 73.4 cm³/mol. The molecule has 0 fully saturated rings. The van der Waals surface area contributed by atoms with Crippen molar-refractivity contribution in [2.45, 2.75) is 26.9 Å². The van der Waals surface area contributed by atoms with Crippen LogP contribution in [0.3, 0.4) is 0 Å². The van der Waals surface area contributed by atoms with Gasteiger partial charge in [0.15, 0.2) is 0 Å². The second-order valence-corrected chi connectivity index (χ2v) is 5.44. The molecule has 1 unspecified atom stereocenters. The molecule has 1 aromatic heterocycles. The molecular weight excluding hydrogens is 244 g/mol. The molecule has 0 bridgehead atoms. The topological polar surface area (TPSA) is 82.5 Å². The van der Waals surface area contributed by atoms with Gasteiger partial charge in [-0.2, -0.15) is 0 Å². The summed E-state index contributed by atoms with van der Waals surface area (Å²) in [4.78, 5) is 15.3. The van der Waals surface area contributed by atoms with E-state index in [-0.39, 0.29) is 23.6 Å². The van der Waals surface area contributed by atoms with Gasteiger partial charge in [0, 0.05) is 18.8 Å². The lowest BCUT2D eigenvalue weighted by molar-refractivity contribution is -0.117. The van der Waals surface area contributed by atoms with Crippen molar-refractivity contribution in [1.82, 2.24) is 10.3 Å². The van der Waals surface area contributed by atoms with Crippen LogP contribution in [-0.2, 0) is 4.79 Å². The number of aromatic hydroxyl groups is 1. The molecule has 0 aliphatic rings. The number of carbonyl (C=O) groups is 1. The molecule has 1 atom stereocenters. The number of carbonyl (C=O) groups excluding carboxylic acids is 1. The predicted octanol–water partition coefficient (Wildman–Crippen LogP) is 1.32. The van der Waals surface area contributed by atoms with E-state index in [4.69, 9.17) is 0 Å². The molecule has 5 nitrogen and oxygen atoms in total.